The number of carbonyl (C=O) groups is 2. The second-order valence-electron chi connectivity index (χ2n) is 10.6. The van der Waals surface area contributed by atoms with Crippen LogP contribution in [0.15, 0.2) is 77.3 Å². The molecule has 0 bridgehead atoms. The minimum atomic E-state index is -0.641. The van der Waals surface area contributed by atoms with E-state index in [-0.39, 0.29) is 29.4 Å². The van der Waals surface area contributed by atoms with E-state index in [0.717, 1.165) is 53.3 Å². The van der Waals surface area contributed by atoms with Crippen molar-refractivity contribution in [3.8, 4) is 0 Å². The van der Waals surface area contributed by atoms with E-state index in [0.29, 0.717) is 24.1 Å². The maximum atomic E-state index is 14.0. The molecule has 4 rings (SSSR count). The second-order valence-corrected chi connectivity index (χ2v) is 11.5. The zero-order chi connectivity index (χ0) is 29.4. The van der Waals surface area contributed by atoms with Crippen LogP contribution in [0.25, 0.3) is 0 Å². The van der Waals surface area contributed by atoms with Gasteiger partial charge in [0.05, 0.1) is 5.92 Å². The number of halogens is 1. The summed E-state index contributed by atoms with van der Waals surface area (Å²) in [7, 11) is 0. The van der Waals surface area contributed by atoms with Gasteiger partial charge >= 0.3 is 0 Å². The van der Waals surface area contributed by atoms with Crippen molar-refractivity contribution in [2.75, 3.05) is 0 Å². The molecule has 0 aliphatic heterocycles. The van der Waals surface area contributed by atoms with Gasteiger partial charge in [0.25, 0.3) is 0 Å². The van der Waals surface area contributed by atoms with Crippen molar-refractivity contribution >= 4 is 39.4 Å². The summed E-state index contributed by atoms with van der Waals surface area (Å²) in [6.45, 7) is 0.314. The average Bonchev–Trinajstić information content (AvgIpc) is 2.98. The quantitative estimate of drug-likeness (QED) is 0.136. The number of amides is 2. The molecule has 0 spiro atoms. The van der Waals surface area contributed by atoms with Gasteiger partial charge in [0, 0.05) is 22.1 Å². The Hall–Kier alpha value is -3.98. The Bertz CT molecular complexity index is 1370. The van der Waals surface area contributed by atoms with Crippen LogP contribution in [0.2, 0.25) is 0 Å². The van der Waals surface area contributed by atoms with Crippen LogP contribution >= 0.6 is 15.9 Å². The number of hydrogen-bond donors (Lipinski definition) is 6. The number of nitrogen functional groups attached to an aromatic ring is 2. The first kappa shape index (κ1) is 30.0. The Balaban J connectivity index is 1.53. The van der Waals surface area contributed by atoms with Crippen LogP contribution in [0, 0.1) is 16.7 Å². The molecular formula is C32H37BrN6O2. The van der Waals surface area contributed by atoms with E-state index in [4.69, 9.17) is 22.3 Å². The minimum Gasteiger partial charge on any atom is -0.384 e. The smallest absolute Gasteiger partial charge is 0.243 e. The van der Waals surface area contributed by atoms with Gasteiger partial charge in [0.15, 0.2) is 0 Å². The van der Waals surface area contributed by atoms with Gasteiger partial charge in [-0.05, 0) is 54.0 Å². The summed E-state index contributed by atoms with van der Waals surface area (Å²) in [6, 6.07) is 21.6. The fourth-order valence-corrected chi connectivity index (χ4v) is 5.60. The number of rotatable bonds is 11. The van der Waals surface area contributed by atoms with Crippen molar-refractivity contribution < 1.29 is 9.59 Å². The van der Waals surface area contributed by atoms with E-state index in [1.165, 1.54) is 0 Å². The van der Waals surface area contributed by atoms with Crippen LogP contribution in [0.5, 0.6) is 0 Å². The van der Waals surface area contributed by atoms with Gasteiger partial charge in [0.2, 0.25) is 11.8 Å². The summed E-state index contributed by atoms with van der Waals surface area (Å²) in [6.07, 6.45) is 5.43. The summed E-state index contributed by atoms with van der Waals surface area (Å²) < 4.78 is 0.919. The number of nitrogens with one attached hydrogen (secondary N) is 4. The molecule has 3 aromatic rings. The Morgan fingerprint density at radius 2 is 1.32 bits per heavy atom. The van der Waals surface area contributed by atoms with Crippen molar-refractivity contribution in [2.24, 2.45) is 17.4 Å². The molecule has 0 saturated heterocycles. The monoisotopic (exact) mass is 616 g/mol. The van der Waals surface area contributed by atoms with Crippen molar-refractivity contribution in [1.82, 2.24) is 10.6 Å². The van der Waals surface area contributed by atoms with Crippen molar-refractivity contribution in [2.45, 2.75) is 57.0 Å². The van der Waals surface area contributed by atoms with E-state index in [1.54, 1.807) is 24.3 Å². The highest BCUT2D eigenvalue weighted by atomic mass is 79.9. The molecule has 0 heterocycles. The van der Waals surface area contributed by atoms with Crippen LogP contribution < -0.4 is 22.1 Å². The van der Waals surface area contributed by atoms with Crippen LogP contribution in [-0.2, 0) is 22.6 Å². The molecule has 1 saturated carbocycles. The molecule has 2 unspecified atom stereocenters. The van der Waals surface area contributed by atoms with Gasteiger partial charge in [0.1, 0.15) is 17.7 Å². The predicted octanol–water partition coefficient (Wildman–Crippen LogP) is 4.73. The standard InChI is InChI=1S/C32H37BrN6O2/c33-26-16-14-22(15-17-26)27(18-20-6-10-24(11-7-20)29(34)35)31(40)39-28(23-4-2-1-3-5-23)32(41)38-19-21-8-12-25(13-9-21)30(36)37/h6-17,23,27-28H,1-5,18-19H2,(H3,34,35)(H3,36,37)(H,38,41)(H,39,40). The van der Waals surface area contributed by atoms with Gasteiger partial charge in [-0.3, -0.25) is 20.4 Å². The van der Waals surface area contributed by atoms with Crippen LogP contribution in [-0.4, -0.2) is 29.5 Å². The molecule has 3 aromatic carbocycles. The summed E-state index contributed by atoms with van der Waals surface area (Å²) >= 11 is 3.48. The summed E-state index contributed by atoms with van der Waals surface area (Å²) in [4.78, 5) is 27.5. The lowest BCUT2D eigenvalue weighted by molar-refractivity contribution is -0.131. The lowest BCUT2D eigenvalue weighted by atomic mass is 9.82. The SMILES string of the molecule is N=C(N)c1ccc(CNC(=O)C(NC(=O)C(Cc2ccc(C(=N)N)cc2)c2ccc(Br)cc2)C2CCCCC2)cc1. The maximum Gasteiger partial charge on any atom is 0.243 e. The normalized spacial score (nSPS) is 15.0. The molecule has 214 valence electrons. The minimum absolute atomic E-state index is 0.00390. The molecule has 9 heteroatoms. The number of carbonyl (C=O) groups excluding carboxylic acids is 2. The molecule has 0 aromatic heterocycles. The maximum absolute atomic E-state index is 14.0. The molecule has 1 aliphatic rings. The molecule has 1 aliphatic carbocycles. The summed E-state index contributed by atoms with van der Waals surface area (Å²) in [5.41, 5.74) is 15.1. The van der Waals surface area contributed by atoms with E-state index >= 15 is 0 Å². The van der Waals surface area contributed by atoms with E-state index in [2.05, 4.69) is 26.6 Å². The summed E-state index contributed by atoms with van der Waals surface area (Å²) in [5, 5.41) is 21.4. The molecular weight excluding hydrogens is 580 g/mol. The molecule has 8 N–H and O–H groups in total. The summed E-state index contributed by atoms with van der Waals surface area (Å²) in [5.74, 6) is -0.844. The first-order chi connectivity index (χ1) is 19.7. The predicted molar refractivity (Wildman–Crippen MR) is 166 cm³/mol. The molecule has 1 fully saturated rings. The van der Waals surface area contributed by atoms with Crippen LogP contribution in [0.1, 0.15) is 65.8 Å². The topological polar surface area (TPSA) is 158 Å². The second kappa shape index (κ2) is 14.1. The third kappa shape index (κ3) is 8.27. The third-order valence-electron chi connectivity index (χ3n) is 7.73. The van der Waals surface area contributed by atoms with Crippen LogP contribution in [0.4, 0.5) is 0 Å². The third-order valence-corrected chi connectivity index (χ3v) is 8.26. The average molecular weight is 618 g/mol. The molecule has 0 radical (unpaired) electrons. The number of amidine groups is 2. The number of hydrogen-bond acceptors (Lipinski definition) is 4. The van der Waals surface area contributed by atoms with Crippen molar-refractivity contribution in [3.05, 3.63) is 105 Å². The molecule has 8 nitrogen and oxygen atoms in total. The van der Waals surface area contributed by atoms with Gasteiger partial charge < -0.3 is 22.1 Å². The Labute approximate surface area is 249 Å². The van der Waals surface area contributed by atoms with Gasteiger partial charge in [-0.15, -0.1) is 0 Å². The van der Waals surface area contributed by atoms with Crippen molar-refractivity contribution in [3.63, 3.8) is 0 Å². The highest BCUT2D eigenvalue weighted by molar-refractivity contribution is 9.10. The largest absolute Gasteiger partial charge is 0.384 e. The molecule has 2 amide bonds. The first-order valence-corrected chi connectivity index (χ1v) is 14.7. The Morgan fingerprint density at radius 3 is 1.85 bits per heavy atom. The zero-order valence-electron chi connectivity index (χ0n) is 23.0. The highest BCUT2D eigenvalue weighted by Gasteiger charge is 2.33. The van der Waals surface area contributed by atoms with Gasteiger partial charge in [-0.2, -0.15) is 0 Å². The van der Waals surface area contributed by atoms with Crippen LogP contribution in [0.3, 0.4) is 0 Å². The number of nitrogens with two attached hydrogens (primary N) is 2. The molecule has 2 atom stereocenters. The Kier molecular flexibility index (Phi) is 10.3. The molecule has 41 heavy (non-hydrogen) atoms. The number of benzene rings is 3. The van der Waals surface area contributed by atoms with E-state index in [9.17, 15) is 9.59 Å². The van der Waals surface area contributed by atoms with Gasteiger partial charge in [-0.1, -0.05) is 95.9 Å². The van der Waals surface area contributed by atoms with E-state index < -0.39 is 12.0 Å². The lowest BCUT2D eigenvalue weighted by Gasteiger charge is -2.31. The first-order valence-electron chi connectivity index (χ1n) is 13.9. The van der Waals surface area contributed by atoms with E-state index in [1.807, 2.05) is 48.5 Å². The fraction of sp³-hybridized carbons (Fsp3) is 0.312. The zero-order valence-corrected chi connectivity index (χ0v) is 24.5. The lowest BCUT2D eigenvalue weighted by Crippen LogP contribution is -2.52. The Morgan fingerprint density at radius 1 is 0.780 bits per heavy atom. The highest BCUT2D eigenvalue weighted by Crippen LogP contribution is 2.29. The van der Waals surface area contributed by atoms with Gasteiger partial charge in [-0.25, -0.2) is 0 Å². The van der Waals surface area contributed by atoms with Crippen molar-refractivity contribution in [1.29, 1.82) is 10.8 Å². The fourth-order valence-electron chi connectivity index (χ4n) is 5.33.